The molecule has 0 N–H and O–H groups in total. The number of carbonyl (C=O) groups is 1. The predicted octanol–water partition coefficient (Wildman–Crippen LogP) is 2.96. The van der Waals surface area contributed by atoms with E-state index >= 15 is 0 Å². The van der Waals surface area contributed by atoms with Gasteiger partial charge in [0.1, 0.15) is 5.71 Å². The van der Waals surface area contributed by atoms with Crippen LogP contribution in [0.2, 0.25) is 0 Å². The minimum atomic E-state index is -0.210. The molecule has 124 valence electrons. The van der Waals surface area contributed by atoms with Crippen LogP contribution in [0.4, 0.5) is 5.69 Å². The van der Waals surface area contributed by atoms with Crippen LogP contribution in [0, 0.1) is 0 Å². The van der Waals surface area contributed by atoms with Gasteiger partial charge in [0.2, 0.25) is 5.88 Å². The number of anilines is 1. The second kappa shape index (κ2) is 7.12. The number of hydrogen-bond donors (Lipinski definition) is 0. The lowest BCUT2D eigenvalue weighted by molar-refractivity contribution is -0.112. The van der Waals surface area contributed by atoms with Crippen LogP contribution in [-0.2, 0) is 9.63 Å². The largest absolute Gasteiger partial charge is 0.481 e. The van der Waals surface area contributed by atoms with Crippen molar-refractivity contribution in [2.75, 3.05) is 18.6 Å². The first-order valence-corrected chi connectivity index (χ1v) is 7.82. The zero-order chi connectivity index (χ0) is 16.9. The predicted molar refractivity (Wildman–Crippen MR) is 91.1 cm³/mol. The van der Waals surface area contributed by atoms with E-state index in [1.54, 1.807) is 30.3 Å². The van der Waals surface area contributed by atoms with Crippen LogP contribution in [0.25, 0.3) is 0 Å². The van der Waals surface area contributed by atoms with Gasteiger partial charge in [0, 0.05) is 19.0 Å². The van der Waals surface area contributed by atoms with Crippen LogP contribution in [0.1, 0.15) is 25.0 Å². The van der Waals surface area contributed by atoms with E-state index in [4.69, 9.17) is 9.57 Å². The molecule has 6 heteroatoms. The Bertz CT molecular complexity index is 729. The molecule has 0 saturated heterocycles. The highest BCUT2D eigenvalue weighted by Gasteiger charge is 2.30. The number of benzene rings is 1. The minimum Gasteiger partial charge on any atom is -0.481 e. The van der Waals surface area contributed by atoms with E-state index in [1.165, 1.54) is 0 Å². The van der Waals surface area contributed by atoms with Crippen molar-refractivity contribution in [3.8, 4) is 5.88 Å². The van der Waals surface area contributed by atoms with Crippen molar-refractivity contribution in [1.82, 2.24) is 4.98 Å². The first kappa shape index (κ1) is 16.0. The van der Waals surface area contributed by atoms with Gasteiger partial charge in [-0.2, -0.15) is 0 Å². The maximum Gasteiger partial charge on any atom is 0.276 e. The fourth-order valence-electron chi connectivity index (χ4n) is 2.60. The van der Waals surface area contributed by atoms with E-state index in [-0.39, 0.29) is 12.0 Å². The molecule has 6 nitrogen and oxygen atoms in total. The molecule has 1 amide bonds. The quantitative estimate of drug-likeness (QED) is 0.848. The summed E-state index contributed by atoms with van der Waals surface area (Å²) < 4.78 is 5.05. The molecule has 0 bridgehead atoms. The monoisotopic (exact) mass is 325 g/mol. The molecule has 1 aromatic carbocycles. The third-order valence-electron chi connectivity index (χ3n) is 3.89. The number of amides is 1. The Morgan fingerprint density at radius 3 is 2.71 bits per heavy atom. The van der Waals surface area contributed by atoms with Crippen LogP contribution in [0.15, 0.2) is 53.8 Å². The van der Waals surface area contributed by atoms with Gasteiger partial charge in [0.25, 0.3) is 5.91 Å². The van der Waals surface area contributed by atoms with Crippen molar-refractivity contribution in [3.63, 3.8) is 0 Å². The third-order valence-corrected chi connectivity index (χ3v) is 3.89. The Balaban J connectivity index is 1.72. The molecule has 0 spiro atoms. The van der Waals surface area contributed by atoms with E-state index in [0.717, 1.165) is 5.56 Å². The van der Waals surface area contributed by atoms with Crippen LogP contribution < -0.4 is 9.64 Å². The van der Waals surface area contributed by atoms with E-state index in [9.17, 15) is 4.79 Å². The summed E-state index contributed by atoms with van der Waals surface area (Å²) in [5.74, 6) is 0.343. The normalized spacial score (nSPS) is 16.2. The van der Waals surface area contributed by atoms with Gasteiger partial charge in [-0.3, -0.25) is 4.79 Å². The average molecular weight is 325 g/mol. The molecule has 1 aliphatic rings. The van der Waals surface area contributed by atoms with Gasteiger partial charge >= 0.3 is 0 Å². The molecule has 0 aliphatic carbocycles. The van der Waals surface area contributed by atoms with Crippen molar-refractivity contribution in [2.24, 2.45) is 5.16 Å². The van der Waals surface area contributed by atoms with E-state index in [1.807, 2.05) is 37.3 Å². The van der Waals surface area contributed by atoms with Crippen LogP contribution in [0.3, 0.4) is 0 Å². The van der Waals surface area contributed by atoms with Gasteiger partial charge in [-0.25, -0.2) is 4.98 Å². The molecular formula is C18H19N3O3. The Morgan fingerprint density at radius 2 is 2.08 bits per heavy atom. The zero-order valence-electron chi connectivity index (χ0n) is 13.7. The van der Waals surface area contributed by atoms with Gasteiger partial charge in [0.15, 0.2) is 6.10 Å². The van der Waals surface area contributed by atoms with Crippen molar-refractivity contribution in [3.05, 3.63) is 54.2 Å². The first-order valence-electron chi connectivity index (χ1n) is 7.82. The van der Waals surface area contributed by atoms with E-state index < -0.39 is 0 Å². The van der Waals surface area contributed by atoms with Gasteiger partial charge in [0.05, 0.1) is 19.0 Å². The number of carbonyl (C=O) groups excluding carboxylic acids is 1. The fraction of sp³-hybridized carbons (Fsp3) is 0.278. The molecule has 1 atom stereocenters. The SMILES string of the molecule is CCN(C(=O)C1=NO[C@H](c2ccccc2)C1)c1ccc(OC)nc1. The number of ether oxygens (including phenoxy) is 1. The molecule has 0 saturated carbocycles. The lowest BCUT2D eigenvalue weighted by Gasteiger charge is -2.20. The highest BCUT2D eigenvalue weighted by atomic mass is 16.6. The maximum atomic E-state index is 12.8. The topological polar surface area (TPSA) is 64.0 Å². The lowest BCUT2D eigenvalue weighted by atomic mass is 10.0. The first-order chi connectivity index (χ1) is 11.7. The van der Waals surface area contributed by atoms with Gasteiger partial charge in [-0.05, 0) is 18.6 Å². The van der Waals surface area contributed by atoms with E-state index in [2.05, 4.69) is 10.1 Å². The molecule has 0 radical (unpaired) electrons. The summed E-state index contributed by atoms with van der Waals surface area (Å²) in [5, 5.41) is 4.00. The number of pyridine rings is 1. The summed E-state index contributed by atoms with van der Waals surface area (Å²) in [6, 6.07) is 13.3. The minimum absolute atomic E-state index is 0.164. The molecule has 2 aromatic rings. The Labute approximate surface area is 140 Å². The number of aromatic nitrogens is 1. The summed E-state index contributed by atoms with van der Waals surface area (Å²) in [4.78, 5) is 24.0. The number of hydrogen-bond acceptors (Lipinski definition) is 5. The summed E-state index contributed by atoms with van der Waals surface area (Å²) in [7, 11) is 1.55. The summed E-state index contributed by atoms with van der Waals surface area (Å²) in [6.45, 7) is 2.43. The van der Waals surface area contributed by atoms with Crippen LogP contribution in [-0.4, -0.2) is 30.3 Å². The molecule has 0 unspecified atom stereocenters. The molecule has 2 heterocycles. The number of nitrogens with zero attached hydrogens (tertiary/aromatic N) is 3. The second-order valence-electron chi connectivity index (χ2n) is 5.36. The van der Waals surface area contributed by atoms with Crippen LogP contribution in [0.5, 0.6) is 5.88 Å². The number of rotatable bonds is 5. The molecule has 24 heavy (non-hydrogen) atoms. The highest BCUT2D eigenvalue weighted by molar-refractivity contribution is 6.43. The Morgan fingerprint density at radius 1 is 1.29 bits per heavy atom. The maximum absolute atomic E-state index is 12.8. The molecule has 1 aliphatic heterocycles. The Kier molecular flexibility index (Phi) is 4.74. The molecule has 3 rings (SSSR count). The summed E-state index contributed by atoms with van der Waals surface area (Å²) in [5.41, 5.74) is 2.13. The van der Waals surface area contributed by atoms with E-state index in [0.29, 0.717) is 30.2 Å². The number of methoxy groups -OCH3 is 1. The zero-order valence-corrected chi connectivity index (χ0v) is 13.7. The smallest absolute Gasteiger partial charge is 0.276 e. The third kappa shape index (κ3) is 3.22. The van der Waals surface area contributed by atoms with Gasteiger partial charge < -0.3 is 14.5 Å². The molecule has 1 aromatic heterocycles. The van der Waals surface area contributed by atoms with Gasteiger partial charge in [-0.1, -0.05) is 35.5 Å². The lowest BCUT2D eigenvalue weighted by Crippen LogP contribution is -2.36. The highest BCUT2D eigenvalue weighted by Crippen LogP contribution is 2.28. The van der Waals surface area contributed by atoms with Crippen molar-refractivity contribution in [2.45, 2.75) is 19.4 Å². The standard InChI is InChI=1S/C18H19N3O3/c1-3-21(14-9-10-17(23-2)19-12-14)18(22)15-11-16(24-20-15)13-7-5-4-6-8-13/h4-10,12,16H,3,11H2,1-2H3/t16-/m0/s1. The van der Waals surface area contributed by atoms with Crippen molar-refractivity contribution < 1.29 is 14.4 Å². The molecule has 0 fully saturated rings. The summed E-state index contributed by atoms with van der Waals surface area (Å²) in [6.07, 6.45) is 1.87. The van der Waals surface area contributed by atoms with Gasteiger partial charge in [-0.15, -0.1) is 0 Å². The van der Waals surface area contributed by atoms with Crippen LogP contribution >= 0.6 is 0 Å². The molecular weight excluding hydrogens is 306 g/mol. The number of oxime groups is 1. The van der Waals surface area contributed by atoms with Crippen molar-refractivity contribution >= 4 is 17.3 Å². The fourth-order valence-corrected chi connectivity index (χ4v) is 2.60. The second-order valence-corrected chi connectivity index (χ2v) is 5.36. The summed E-state index contributed by atoms with van der Waals surface area (Å²) >= 11 is 0. The van der Waals surface area contributed by atoms with Crippen molar-refractivity contribution in [1.29, 1.82) is 0 Å². The Hall–Kier alpha value is -2.89. The average Bonchev–Trinajstić information content (AvgIpc) is 3.14.